The molecule has 1 spiro atoms. The Morgan fingerprint density at radius 2 is 1.86 bits per heavy atom. The van der Waals surface area contributed by atoms with Gasteiger partial charge in [0, 0.05) is 55.1 Å². The van der Waals surface area contributed by atoms with Gasteiger partial charge in [-0.25, -0.2) is 14.8 Å². The Morgan fingerprint density at radius 1 is 1.11 bits per heavy atom. The van der Waals surface area contributed by atoms with Crippen LogP contribution in [0.2, 0.25) is 0 Å². The van der Waals surface area contributed by atoms with Gasteiger partial charge in [-0.2, -0.15) is 5.10 Å². The number of amides is 2. The van der Waals surface area contributed by atoms with E-state index in [-0.39, 0.29) is 36.0 Å². The molecule has 5 rings (SSSR count). The molecule has 4 heterocycles. The second-order valence-electron chi connectivity index (χ2n) is 11.2. The minimum Gasteiger partial charge on any atom is -0.444 e. The number of ether oxygens (including phenoxy) is 1. The van der Waals surface area contributed by atoms with Crippen molar-refractivity contribution in [2.24, 2.45) is 0 Å². The molecule has 2 atom stereocenters. The van der Waals surface area contributed by atoms with Crippen LogP contribution in [-0.4, -0.2) is 74.0 Å². The highest BCUT2D eigenvalue weighted by molar-refractivity contribution is 5.96. The highest BCUT2D eigenvalue weighted by Crippen LogP contribution is 2.55. The first-order valence-electron chi connectivity index (χ1n) is 12.5. The fourth-order valence-corrected chi connectivity index (χ4v) is 5.55. The van der Waals surface area contributed by atoms with E-state index in [1.54, 1.807) is 23.4 Å². The molecule has 0 radical (unpaired) electrons. The van der Waals surface area contributed by atoms with Crippen molar-refractivity contribution >= 4 is 23.6 Å². The van der Waals surface area contributed by atoms with Gasteiger partial charge in [0.2, 0.25) is 5.91 Å². The number of hydrogen-bond donors (Lipinski definition) is 0. The molecule has 35 heavy (non-hydrogen) atoms. The standard InChI is InChI=1S/C25H35N7O3/c1-17-13-31(23(34)35-24(3,4)5)18(2)12-30(17)21-20-22(27-16-26-21)32(15-25(20)8-6-9-25)19(33)14-29-11-7-10-28-29/h7,10-11,16-18H,6,8-9,12-15H2,1-5H3/t17-,18+/m0/s1. The number of anilines is 2. The summed E-state index contributed by atoms with van der Waals surface area (Å²) < 4.78 is 7.29. The van der Waals surface area contributed by atoms with Crippen LogP contribution < -0.4 is 9.80 Å². The molecule has 1 aliphatic carbocycles. The second kappa shape index (κ2) is 8.49. The number of aromatic nitrogens is 4. The third kappa shape index (κ3) is 4.23. The summed E-state index contributed by atoms with van der Waals surface area (Å²) in [5, 5.41) is 4.19. The summed E-state index contributed by atoms with van der Waals surface area (Å²) in [4.78, 5) is 41.4. The molecule has 1 saturated heterocycles. The molecule has 2 aromatic rings. The Kier molecular flexibility index (Phi) is 5.72. The zero-order chi connectivity index (χ0) is 25.0. The molecule has 1 saturated carbocycles. The molecular formula is C25H35N7O3. The number of piperazine rings is 1. The number of hydrogen-bond acceptors (Lipinski definition) is 7. The maximum absolute atomic E-state index is 13.3. The normalized spacial score (nSPS) is 23.3. The van der Waals surface area contributed by atoms with Crippen molar-refractivity contribution in [3.05, 3.63) is 30.4 Å². The third-order valence-electron chi connectivity index (χ3n) is 7.41. The van der Waals surface area contributed by atoms with Crippen molar-refractivity contribution in [1.82, 2.24) is 24.6 Å². The predicted octanol–water partition coefficient (Wildman–Crippen LogP) is 2.98. The quantitative estimate of drug-likeness (QED) is 0.665. The molecule has 0 aromatic carbocycles. The first-order chi connectivity index (χ1) is 16.6. The van der Waals surface area contributed by atoms with Gasteiger partial charge in [-0.15, -0.1) is 0 Å². The largest absolute Gasteiger partial charge is 0.444 e. The van der Waals surface area contributed by atoms with Crippen molar-refractivity contribution in [3.63, 3.8) is 0 Å². The molecule has 2 amide bonds. The lowest BCUT2D eigenvalue weighted by atomic mass is 9.66. The number of carbonyl (C=O) groups excluding carboxylic acids is 2. The molecule has 10 heteroatoms. The van der Waals surface area contributed by atoms with E-state index >= 15 is 0 Å². The molecular weight excluding hydrogens is 446 g/mol. The third-order valence-corrected chi connectivity index (χ3v) is 7.41. The molecule has 10 nitrogen and oxygen atoms in total. The smallest absolute Gasteiger partial charge is 0.410 e. The molecule has 0 N–H and O–H groups in total. The fourth-order valence-electron chi connectivity index (χ4n) is 5.55. The zero-order valence-electron chi connectivity index (χ0n) is 21.3. The summed E-state index contributed by atoms with van der Waals surface area (Å²) in [6.07, 6.45) is 7.94. The van der Waals surface area contributed by atoms with E-state index in [0.29, 0.717) is 19.6 Å². The van der Waals surface area contributed by atoms with Gasteiger partial charge in [0.1, 0.15) is 30.1 Å². The van der Waals surface area contributed by atoms with Crippen LogP contribution in [-0.2, 0) is 21.5 Å². The van der Waals surface area contributed by atoms with Crippen LogP contribution in [0.4, 0.5) is 16.4 Å². The van der Waals surface area contributed by atoms with Gasteiger partial charge in [0.15, 0.2) is 0 Å². The summed E-state index contributed by atoms with van der Waals surface area (Å²) in [5.41, 5.74) is 0.453. The monoisotopic (exact) mass is 481 g/mol. The van der Waals surface area contributed by atoms with E-state index in [9.17, 15) is 9.59 Å². The molecule has 2 aromatic heterocycles. The van der Waals surface area contributed by atoms with Gasteiger partial charge >= 0.3 is 6.09 Å². The van der Waals surface area contributed by atoms with Crippen LogP contribution in [0.5, 0.6) is 0 Å². The number of carbonyl (C=O) groups is 2. The van der Waals surface area contributed by atoms with Crippen LogP contribution >= 0.6 is 0 Å². The van der Waals surface area contributed by atoms with E-state index in [1.165, 1.54) is 0 Å². The summed E-state index contributed by atoms with van der Waals surface area (Å²) in [6, 6.07) is 1.82. The maximum atomic E-state index is 13.3. The molecule has 188 valence electrons. The van der Waals surface area contributed by atoms with Crippen molar-refractivity contribution in [1.29, 1.82) is 0 Å². The predicted molar refractivity (Wildman–Crippen MR) is 131 cm³/mol. The van der Waals surface area contributed by atoms with Crippen molar-refractivity contribution in [2.45, 2.75) is 83.5 Å². The van der Waals surface area contributed by atoms with E-state index < -0.39 is 5.60 Å². The topological polar surface area (TPSA) is 96.7 Å². The highest BCUT2D eigenvalue weighted by Gasteiger charge is 2.52. The van der Waals surface area contributed by atoms with Gasteiger partial charge < -0.3 is 14.5 Å². The lowest BCUT2D eigenvalue weighted by Gasteiger charge is -2.46. The molecule has 0 bridgehead atoms. The SMILES string of the molecule is C[C@@H]1CN(c2ncnc3c2C2(CCC2)CN3C(=O)Cn2cccn2)[C@@H](C)CN1C(=O)OC(C)(C)C. The molecule has 0 unspecified atom stereocenters. The summed E-state index contributed by atoms with van der Waals surface area (Å²) in [5.74, 6) is 1.60. The van der Waals surface area contributed by atoms with Gasteiger partial charge in [0.25, 0.3) is 0 Å². The van der Waals surface area contributed by atoms with Crippen molar-refractivity contribution in [2.75, 3.05) is 29.4 Å². The average Bonchev–Trinajstić information content (AvgIpc) is 3.39. The average molecular weight is 482 g/mol. The van der Waals surface area contributed by atoms with Gasteiger partial charge in [-0.05, 0) is 53.5 Å². The minimum absolute atomic E-state index is 0.0143. The van der Waals surface area contributed by atoms with Crippen LogP contribution in [0.25, 0.3) is 0 Å². The van der Waals surface area contributed by atoms with E-state index in [1.807, 2.05) is 43.6 Å². The number of rotatable bonds is 3. The fraction of sp³-hybridized carbons (Fsp3) is 0.640. The Labute approximate surface area is 206 Å². The Balaban J connectivity index is 1.43. The lowest BCUT2D eigenvalue weighted by molar-refractivity contribution is -0.119. The first-order valence-corrected chi connectivity index (χ1v) is 12.5. The molecule has 2 fully saturated rings. The summed E-state index contributed by atoms with van der Waals surface area (Å²) >= 11 is 0. The van der Waals surface area contributed by atoms with Crippen molar-refractivity contribution < 1.29 is 14.3 Å². The van der Waals surface area contributed by atoms with Crippen LogP contribution in [0.1, 0.15) is 59.4 Å². The summed E-state index contributed by atoms with van der Waals surface area (Å²) in [6.45, 7) is 11.8. The zero-order valence-corrected chi connectivity index (χ0v) is 21.3. The van der Waals surface area contributed by atoms with Gasteiger partial charge in [-0.3, -0.25) is 14.4 Å². The van der Waals surface area contributed by atoms with E-state index in [0.717, 1.165) is 36.5 Å². The van der Waals surface area contributed by atoms with Crippen LogP contribution in [0.3, 0.4) is 0 Å². The summed E-state index contributed by atoms with van der Waals surface area (Å²) in [7, 11) is 0. The maximum Gasteiger partial charge on any atom is 0.410 e. The van der Waals surface area contributed by atoms with Crippen LogP contribution in [0, 0.1) is 0 Å². The molecule has 3 aliphatic rings. The Morgan fingerprint density at radius 3 is 2.49 bits per heavy atom. The Hall–Kier alpha value is -3.17. The van der Waals surface area contributed by atoms with E-state index in [4.69, 9.17) is 9.72 Å². The Bertz CT molecular complexity index is 1110. The second-order valence-corrected chi connectivity index (χ2v) is 11.2. The van der Waals surface area contributed by atoms with Crippen molar-refractivity contribution in [3.8, 4) is 0 Å². The molecule has 2 aliphatic heterocycles. The van der Waals surface area contributed by atoms with Gasteiger partial charge in [0.05, 0.1) is 0 Å². The number of fused-ring (bicyclic) bond motifs is 2. The van der Waals surface area contributed by atoms with Crippen LogP contribution in [0.15, 0.2) is 24.8 Å². The highest BCUT2D eigenvalue weighted by atomic mass is 16.6. The first kappa shape index (κ1) is 23.6. The lowest BCUT2D eigenvalue weighted by Crippen LogP contribution is -2.59. The minimum atomic E-state index is -0.534. The van der Waals surface area contributed by atoms with Gasteiger partial charge in [-0.1, -0.05) is 6.42 Å². The number of nitrogens with zero attached hydrogens (tertiary/aromatic N) is 7. The van der Waals surface area contributed by atoms with E-state index in [2.05, 4.69) is 21.9 Å².